The van der Waals surface area contributed by atoms with E-state index in [1.54, 1.807) is 6.92 Å². The van der Waals surface area contributed by atoms with Gasteiger partial charge in [-0.3, -0.25) is 0 Å². The van der Waals surface area contributed by atoms with Gasteiger partial charge in [0.25, 0.3) is 0 Å². The molecule has 0 saturated carbocycles. The Morgan fingerprint density at radius 2 is 1.95 bits per heavy atom. The van der Waals surface area contributed by atoms with E-state index >= 15 is 0 Å². The lowest BCUT2D eigenvalue weighted by Crippen LogP contribution is -2.06. The van der Waals surface area contributed by atoms with Crippen LogP contribution in [-0.4, -0.2) is 11.4 Å². The molecule has 3 nitrogen and oxygen atoms in total. The Morgan fingerprint density at radius 3 is 2.68 bits per heavy atom. The van der Waals surface area contributed by atoms with Crippen LogP contribution in [0.1, 0.15) is 16.7 Å². The molecule has 0 fully saturated rings. The third kappa shape index (κ3) is 4.66. The van der Waals surface area contributed by atoms with Crippen LogP contribution in [0.3, 0.4) is 0 Å². The van der Waals surface area contributed by atoms with Gasteiger partial charge in [0.05, 0.1) is 6.21 Å². The Balaban J connectivity index is 1.98. The van der Waals surface area contributed by atoms with Gasteiger partial charge in [0.2, 0.25) is 0 Å². The van der Waals surface area contributed by atoms with Crippen LogP contribution in [0, 0.1) is 18.6 Å². The summed E-state index contributed by atoms with van der Waals surface area (Å²) in [6, 6.07) is 12.4. The van der Waals surface area contributed by atoms with E-state index in [9.17, 15) is 8.78 Å². The Labute approximate surface area is 132 Å². The van der Waals surface area contributed by atoms with Crippen LogP contribution in [0.5, 0.6) is 0 Å². The highest BCUT2D eigenvalue weighted by atomic mass is 32.2. The number of nitrogens with two attached hydrogens (primary N) is 1. The molecule has 0 aromatic heterocycles. The fraction of sp³-hybridized carbons (Fsp3) is 0.125. The quantitative estimate of drug-likeness (QED) is 0.528. The molecule has 2 N–H and O–H groups in total. The zero-order valence-corrected chi connectivity index (χ0v) is 12.8. The van der Waals surface area contributed by atoms with Crippen LogP contribution >= 0.6 is 11.8 Å². The third-order valence-electron chi connectivity index (χ3n) is 2.78. The summed E-state index contributed by atoms with van der Waals surface area (Å²) in [5, 5.41) is 7.74. The van der Waals surface area contributed by atoms with Gasteiger partial charge in [0, 0.05) is 11.3 Å². The molecular formula is C16H15F2N3S. The Bertz CT molecular complexity index is 700. The minimum absolute atomic E-state index is 0.0436. The fourth-order valence-corrected chi connectivity index (χ4v) is 2.37. The summed E-state index contributed by atoms with van der Waals surface area (Å²) in [7, 11) is 0. The van der Waals surface area contributed by atoms with Crippen LogP contribution < -0.4 is 5.73 Å². The average Bonchev–Trinajstić information content (AvgIpc) is 2.51. The largest absolute Gasteiger partial charge is 0.377 e. The molecule has 2 rings (SSSR count). The summed E-state index contributed by atoms with van der Waals surface area (Å²) in [5.41, 5.74) is 7.48. The first-order chi connectivity index (χ1) is 10.6. The van der Waals surface area contributed by atoms with Gasteiger partial charge >= 0.3 is 0 Å². The Hall–Kier alpha value is -2.21. The summed E-state index contributed by atoms with van der Waals surface area (Å²) < 4.78 is 26.8. The Morgan fingerprint density at radius 1 is 1.23 bits per heavy atom. The van der Waals surface area contributed by atoms with Crippen molar-refractivity contribution < 1.29 is 8.78 Å². The number of rotatable bonds is 4. The van der Waals surface area contributed by atoms with E-state index in [0.717, 1.165) is 17.8 Å². The first-order valence-electron chi connectivity index (χ1n) is 6.55. The molecule has 2 aromatic carbocycles. The van der Waals surface area contributed by atoms with E-state index in [-0.39, 0.29) is 10.7 Å². The van der Waals surface area contributed by atoms with Crippen molar-refractivity contribution in [2.24, 2.45) is 15.9 Å². The summed E-state index contributed by atoms with van der Waals surface area (Å²) in [4.78, 5) is 0. The van der Waals surface area contributed by atoms with Crippen molar-refractivity contribution in [1.82, 2.24) is 0 Å². The number of halogens is 2. The highest BCUT2D eigenvalue weighted by Crippen LogP contribution is 2.14. The van der Waals surface area contributed by atoms with Gasteiger partial charge in [0.15, 0.2) is 16.8 Å². The van der Waals surface area contributed by atoms with E-state index in [4.69, 9.17) is 5.73 Å². The third-order valence-corrected chi connectivity index (χ3v) is 3.64. The minimum atomic E-state index is -0.944. The maximum Gasteiger partial charge on any atom is 0.180 e. The fourth-order valence-electron chi connectivity index (χ4n) is 1.75. The monoisotopic (exact) mass is 319 g/mol. The molecule has 0 aliphatic heterocycles. The zero-order chi connectivity index (χ0) is 15.9. The van der Waals surface area contributed by atoms with Crippen molar-refractivity contribution in [2.45, 2.75) is 12.7 Å². The van der Waals surface area contributed by atoms with Crippen LogP contribution in [-0.2, 0) is 5.75 Å². The molecule has 0 bridgehead atoms. The van der Waals surface area contributed by atoms with E-state index in [2.05, 4.69) is 10.2 Å². The molecule has 0 amide bonds. The lowest BCUT2D eigenvalue weighted by Gasteiger charge is -2.00. The van der Waals surface area contributed by atoms with Gasteiger partial charge in [-0.2, -0.15) is 5.10 Å². The lowest BCUT2D eigenvalue weighted by molar-refractivity contribution is 0.506. The van der Waals surface area contributed by atoms with Gasteiger partial charge < -0.3 is 5.73 Å². The molecule has 2 aromatic rings. The highest BCUT2D eigenvalue weighted by Gasteiger charge is 2.07. The maximum absolute atomic E-state index is 13.5. The average molecular weight is 319 g/mol. The molecule has 0 spiro atoms. The first kappa shape index (κ1) is 16.2. The summed E-state index contributed by atoms with van der Waals surface area (Å²) in [6.45, 7) is 1.67. The predicted octanol–water partition coefficient (Wildman–Crippen LogP) is 3.86. The maximum atomic E-state index is 13.5. The molecule has 0 atom stereocenters. The SMILES string of the molecule is Cc1cc(F)c(F)c(C=NN=C(N)SCc2ccccc2)c1. The molecule has 0 aliphatic carbocycles. The molecule has 22 heavy (non-hydrogen) atoms. The van der Waals surface area contributed by atoms with E-state index in [1.807, 2.05) is 30.3 Å². The van der Waals surface area contributed by atoms with E-state index in [0.29, 0.717) is 11.3 Å². The predicted molar refractivity (Wildman–Crippen MR) is 88.0 cm³/mol. The molecule has 0 aliphatic rings. The van der Waals surface area contributed by atoms with Crippen molar-refractivity contribution in [3.63, 3.8) is 0 Å². The second-order valence-corrected chi connectivity index (χ2v) is 5.60. The first-order valence-corrected chi connectivity index (χ1v) is 7.53. The molecule has 0 unspecified atom stereocenters. The van der Waals surface area contributed by atoms with Crippen LogP contribution in [0.2, 0.25) is 0 Å². The number of amidine groups is 1. The van der Waals surface area contributed by atoms with Crippen molar-refractivity contribution in [3.8, 4) is 0 Å². The number of aryl methyl sites for hydroxylation is 1. The molecule has 0 heterocycles. The number of nitrogens with zero attached hydrogens (tertiary/aromatic N) is 2. The van der Waals surface area contributed by atoms with Crippen molar-refractivity contribution >= 4 is 23.1 Å². The van der Waals surface area contributed by atoms with Gasteiger partial charge in [-0.15, -0.1) is 5.10 Å². The lowest BCUT2D eigenvalue weighted by atomic mass is 10.1. The van der Waals surface area contributed by atoms with Crippen LogP contribution in [0.15, 0.2) is 52.7 Å². The van der Waals surface area contributed by atoms with E-state index in [1.165, 1.54) is 17.8 Å². The summed E-state index contributed by atoms with van der Waals surface area (Å²) >= 11 is 1.32. The van der Waals surface area contributed by atoms with Crippen molar-refractivity contribution in [3.05, 3.63) is 70.8 Å². The van der Waals surface area contributed by atoms with Gasteiger partial charge in [-0.1, -0.05) is 42.1 Å². The highest BCUT2D eigenvalue weighted by molar-refractivity contribution is 8.13. The van der Waals surface area contributed by atoms with Gasteiger partial charge in [0.1, 0.15) is 0 Å². The molecular weight excluding hydrogens is 304 g/mol. The summed E-state index contributed by atoms with van der Waals surface area (Å²) in [6.07, 6.45) is 1.15. The van der Waals surface area contributed by atoms with Crippen LogP contribution in [0.4, 0.5) is 8.78 Å². The van der Waals surface area contributed by atoms with Gasteiger partial charge in [-0.25, -0.2) is 8.78 Å². The number of benzene rings is 2. The number of hydrogen-bond donors (Lipinski definition) is 1. The second kappa shape index (κ2) is 7.70. The standard InChI is InChI=1S/C16H15F2N3S/c1-11-7-13(15(18)14(17)8-11)9-20-21-16(19)22-10-12-5-3-2-4-6-12/h2-9H,10H2,1H3,(H2,19,21). The normalized spacial score (nSPS) is 12.0. The second-order valence-electron chi connectivity index (χ2n) is 4.61. The zero-order valence-electron chi connectivity index (χ0n) is 12.0. The smallest absolute Gasteiger partial charge is 0.180 e. The minimum Gasteiger partial charge on any atom is -0.377 e. The van der Waals surface area contributed by atoms with Crippen LogP contribution in [0.25, 0.3) is 0 Å². The molecule has 0 saturated heterocycles. The van der Waals surface area contributed by atoms with E-state index < -0.39 is 11.6 Å². The molecule has 6 heteroatoms. The van der Waals surface area contributed by atoms with Crippen molar-refractivity contribution in [1.29, 1.82) is 0 Å². The molecule has 0 radical (unpaired) electrons. The van der Waals surface area contributed by atoms with Crippen molar-refractivity contribution in [2.75, 3.05) is 0 Å². The Kier molecular flexibility index (Phi) is 5.66. The molecule has 114 valence electrons. The topological polar surface area (TPSA) is 50.7 Å². The summed E-state index contributed by atoms with van der Waals surface area (Å²) in [5.74, 6) is -1.18. The number of thioether (sulfide) groups is 1. The van der Waals surface area contributed by atoms with Gasteiger partial charge in [-0.05, 0) is 30.2 Å². The number of hydrogen-bond acceptors (Lipinski definition) is 3.